The highest BCUT2D eigenvalue weighted by Gasteiger charge is 2.21. The highest BCUT2D eigenvalue weighted by atomic mass is 16.5. The predicted molar refractivity (Wildman–Crippen MR) is 160 cm³/mol. The van der Waals surface area contributed by atoms with Crippen molar-refractivity contribution in [3.05, 3.63) is 94.5 Å². The molecule has 0 spiro atoms. The van der Waals surface area contributed by atoms with E-state index in [1.54, 1.807) is 30.3 Å². The molecule has 1 saturated heterocycles. The Bertz CT molecular complexity index is 1550. The van der Waals surface area contributed by atoms with Gasteiger partial charge in [-0.3, -0.25) is 4.79 Å². The number of Topliss-reactive ketones (excluding diaryl/α,β-unsaturated/α-hetero) is 1. The van der Waals surface area contributed by atoms with Crippen LogP contribution in [0.15, 0.2) is 71.7 Å². The first-order valence-corrected chi connectivity index (χ1v) is 14.0. The van der Waals surface area contributed by atoms with E-state index in [4.69, 9.17) is 14.5 Å². The average molecular weight is 554 g/mol. The normalized spacial score (nSPS) is 14.3. The van der Waals surface area contributed by atoms with Gasteiger partial charge in [0.1, 0.15) is 6.61 Å². The second-order valence-corrected chi connectivity index (χ2v) is 10.3. The van der Waals surface area contributed by atoms with E-state index >= 15 is 0 Å². The number of nitrogens with one attached hydrogen (secondary N) is 1. The Kier molecular flexibility index (Phi) is 8.91. The van der Waals surface area contributed by atoms with E-state index < -0.39 is 5.97 Å². The van der Waals surface area contributed by atoms with Gasteiger partial charge in [0.15, 0.2) is 11.7 Å². The maximum Gasteiger partial charge on any atom is 0.338 e. The Morgan fingerprint density at radius 2 is 1.71 bits per heavy atom. The third-order valence-corrected chi connectivity index (χ3v) is 7.48. The molecule has 5 rings (SSSR count). The van der Waals surface area contributed by atoms with Gasteiger partial charge in [-0.1, -0.05) is 36.8 Å². The summed E-state index contributed by atoms with van der Waals surface area (Å²) in [5.41, 5.74) is 4.80. The highest BCUT2D eigenvalue weighted by molar-refractivity contribution is 6.22. The quantitative estimate of drug-likeness (QED) is 0.111. The summed E-state index contributed by atoms with van der Waals surface area (Å²) in [4.78, 5) is 35.2. The molecule has 4 aromatic rings. The van der Waals surface area contributed by atoms with E-state index in [9.17, 15) is 14.7 Å². The van der Waals surface area contributed by atoms with Crippen LogP contribution in [-0.4, -0.2) is 72.4 Å². The highest BCUT2D eigenvalue weighted by Crippen LogP contribution is 2.33. The maximum absolute atomic E-state index is 12.7. The number of aliphatic imine (C=N–C) groups is 1. The van der Waals surface area contributed by atoms with Crippen LogP contribution in [0.2, 0.25) is 0 Å². The van der Waals surface area contributed by atoms with Gasteiger partial charge in [0.2, 0.25) is 0 Å². The zero-order chi connectivity index (χ0) is 28.8. The van der Waals surface area contributed by atoms with Gasteiger partial charge in [0, 0.05) is 28.6 Å². The van der Waals surface area contributed by atoms with Crippen LogP contribution in [0.1, 0.15) is 56.7 Å². The van der Waals surface area contributed by atoms with Crippen molar-refractivity contribution >= 4 is 34.1 Å². The molecule has 0 aliphatic carbocycles. The van der Waals surface area contributed by atoms with Gasteiger partial charge < -0.3 is 24.5 Å². The summed E-state index contributed by atoms with van der Waals surface area (Å²) in [6, 6.07) is 20.2. The van der Waals surface area contributed by atoms with Crippen LogP contribution < -0.4 is 0 Å². The van der Waals surface area contributed by atoms with Crippen molar-refractivity contribution in [2.75, 3.05) is 40.0 Å². The third-order valence-electron chi connectivity index (χ3n) is 7.48. The van der Waals surface area contributed by atoms with Crippen molar-refractivity contribution in [1.29, 1.82) is 0 Å². The number of aromatic nitrogens is 1. The number of esters is 1. The second kappa shape index (κ2) is 12.9. The predicted octanol–water partition coefficient (Wildman–Crippen LogP) is 5.82. The lowest BCUT2D eigenvalue weighted by Crippen LogP contribution is -2.33. The monoisotopic (exact) mass is 553 g/mol. The van der Waals surface area contributed by atoms with Gasteiger partial charge in [-0.2, -0.15) is 0 Å². The number of rotatable bonds is 10. The molecule has 1 aliphatic heterocycles. The largest absolute Gasteiger partial charge is 0.494 e. The molecule has 1 aliphatic rings. The molecule has 0 bridgehead atoms. The van der Waals surface area contributed by atoms with Crippen LogP contribution in [0.5, 0.6) is 5.88 Å². The van der Waals surface area contributed by atoms with E-state index in [-0.39, 0.29) is 18.3 Å². The number of carbonyl (C=O) groups is 2. The molecule has 0 unspecified atom stereocenters. The summed E-state index contributed by atoms with van der Waals surface area (Å²) in [6.45, 7) is 5.48. The van der Waals surface area contributed by atoms with Crippen LogP contribution in [0.25, 0.3) is 10.9 Å². The van der Waals surface area contributed by atoms with Crippen molar-refractivity contribution in [3.63, 3.8) is 0 Å². The SMILES string of the molecule is COC(=O)c1cc2[nH]c(O)c(C(=Nc3ccc(C(=O)COCCN4CCCCC4)cc3)c3ccccc3)c2cc1C. The minimum absolute atomic E-state index is 0.0435. The molecule has 0 radical (unpaired) electrons. The number of nitrogens with zero attached hydrogens (tertiary/aromatic N) is 2. The molecule has 212 valence electrons. The van der Waals surface area contributed by atoms with E-state index in [0.717, 1.165) is 36.1 Å². The van der Waals surface area contributed by atoms with Gasteiger partial charge in [-0.25, -0.2) is 9.79 Å². The molecule has 8 heteroatoms. The van der Waals surface area contributed by atoms with Crippen molar-refractivity contribution in [2.24, 2.45) is 4.99 Å². The van der Waals surface area contributed by atoms with Crippen LogP contribution >= 0.6 is 0 Å². The van der Waals surface area contributed by atoms with Gasteiger partial charge in [0.25, 0.3) is 0 Å². The molecule has 0 saturated carbocycles. The van der Waals surface area contributed by atoms with E-state index in [1.165, 1.54) is 26.4 Å². The van der Waals surface area contributed by atoms with Gasteiger partial charge >= 0.3 is 5.97 Å². The Labute approximate surface area is 239 Å². The smallest absolute Gasteiger partial charge is 0.338 e. The molecular formula is C33H35N3O5. The number of aryl methyl sites for hydroxylation is 1. The lowest BCUT2D eigenvalue weighted by Gasteiger charge is -2.25. The molecule has 3 aromatic carbocycles. The van der Waals surface area contributed by atoms with Crippen LogP contribution in [0.3, 0.4) is 0 Å². The molecular weight excluding hydrogens is 518 g/mol. The van der Waals surface area contributed by atoms with E-state index in [0.29, 0.717) is 40.2 Å². The first kappa shape index (κ1) is 28.3. The fraction of sp³-hybridized carbons (Fsp3) is 0.303. The number of hydrogen-bond acceptors (Lipinski definition) is 7. The summed E-state index contributed by atoms with van der Waals surface area (Å²) in [6.07, 6.45) is 3.76. The van der Waals surface area contributed by atoms with Gasteiger partial charge in [0.05, 0.1) is 36.2 Å². The van der Waals surface area contributed by atoms with Crippen LogP contribution in [0, 0.1) is 6.92 Å². The lowest BCUT2D eigenvalue weighted by atomic mass is 9.98. The Hall–Kier alpha value is -4.27. The summed E-state index contributed by atoms with van der Waals surface area (Å²) in [7, 11) is 1.34. The number of piperidine rings is 1. The number of methoxy groups -OCH3 is 1. The molecule has 0 atom stereocenters. The molecule has 2 N–H and O–H groups in total. The molecule has 41 heavy (non-hydrogen) atoms. The molecule has 8 nitrogen and oxygen atoms in total. The summed E-state index contributed by atoms with van der Waals surface area (Å²) < 4.78 is 10.6. The number of carbonyl (C=O) groups excluding carboxylic acids is 2. The second-order valence-electron chi connectivity index (χ2n) is 10.3. The van der Waals surface area contributed by atoms with Crippen molar-refractivity contribution in [3.8, 4) is 5.88 Å². The first-order chi connectivity index (χ1) is 19.9. The van der Waals surface area contributed by atoms with E-state index in [2.05, 4.69) is 9.88 Å². The first-order valence-electron chi connectivity index (χ1n) is 14.0. The van der Waals surface area contributed by atoms with Crippen LogP contribution in [0.4, 0.5) is 5.69 Å². The number of likely N-dealkylation sites (tertiary alicyclic amines) is 1. The fourth-order valence-electron chi connectivity index (χ4n) is 5.24. The average Bonchev–Trinajstić information content (AvgIpc) is 3.32. The number of ether oxygens (including phenoxy) is 2. The van der Waals surface area contributed by atoms with Crippen LogP contribution in [-0.2, 0) is 9.47 Å². The molecule has 1 aromatic heterocycles. The number of fused-ring (bicyclic) bond motifs is 1. The standard InChI is InChI=1S/C33H35N3O5/c1-22-19-27-28(20-26(22)33(39)40-2)35-32(38)30(27)31(24-9-5-3-6-10-24)34-25-13-11-23(12-14-25)29(37)21-41-18-17-36-15-7-4-8-16-36/h3,5-6,9-14,19-20,35,38H,4,7-8,15-18,21H2,1-2H3. The molecule has 1 fully saturated rings. The van der Waals surface area contributed by atoms with Crippen molar-refractivity contribution in [2.45, 2.75) is 26.2 Å². The molecule has 0 amide bonds. The number of aromatic amines is 1. The Morgan fingerprint density at radius 1 is 0.976 bits per heavy atom. The Balaban J connectivity index is 1.39. The number of ketones is 1. The minimum atomic E-state index is -0.445. The lowest BCUT2D eigenvalue weighted by molar-refractivity contribution is 0.0599. The third kappa shape index (κ3) is 6.56. The molecule has 2 heterocycles. The topological polar surface area (TPSA) is 104 Å². The number of H-pyrrole nitrogens is 1. The maximum atomic E-state index is 12.7. The van der Waals surface area contributed by atoms with Crippen molar-refractivity contribution < 1.29 is 24.2 Å². The minimum Gasteiger partial charge on any atom is -0.494 e. The number of benzene rings is 3. The fourth-order valence-corrected chi connectivity index (χ4v) is 5.24. The zero-order valence-corrected chi connectivity index (χ0v) is 23.5. The van der Waals surface area contributed by atoms with Crippen molar-refractivity contribution in [1.82, 2.24) is 9.88 Å². The Morgan fingerprint density at radius 3 is 2.41 bits per heavy atom. The van der Waals surface area contributed by atoms with Gasteiger partial charge in [-0.05, 0) is 74.8 Å². The summed E-state index contributed by atoms with van der Waals surface area (Å²) >= 11 is 0. The number of hydrogen-bond donors (Lipinski definition) is 2. The zero-order valence-electron chi connectivity index (χ0n) is 23.5. The summed E-state index contributed by atoms with van der Waals surface area (Å²) in [5.74, 6) is -0.579. The number of aromatic hydroxyl groups is 1. The van der Waals surface area contributed by atoms with E-state index in [1.807, 2.05) is 43.3 Å². The summed E-state index contributed by atoms with van der Waals surface area (Å²) in [5, 5.41) is 11.7. The van der Waals surface area contributed by atoms with Gasteiger partial charge in [-0.15, -0.1) is 0 Å².